The van der Waals surface area contributed by atoms with Crippen LogP contribution in [0.2, 0.25) is 0 Å². The predicted molar refractivity (Wildman–Crippen MR) is 85.7 cm³/mol. The normalized spacial score (nSPS) is 13.0. The minimum absolute atomic E-state index is 0.108. The summed E-state index contributed by atoms with van der Waals surface area (Å²) in [4.78, 5) is 0.108. The molecule has 0 aliphatic carbocycles. The lowest BCUT2D eigenvalue weighted by atomic mass is 10.2. The Morgan fingerprint density at radius 1 is 1.13 bits per heavy atom. The van der Waals surface area contributed by atoms with E-state index in [1.165, 1.54) is 7.11 Å². The van der Waals surface area contributed by atoms with Crippen LogP contribution in [0.25, 0.3) is 0 Å². The molecule has 3 rings (SSSR count). The van der Waals surface area contributed by atoms with Crippen LogP contribution in [-0.4, -0.2) is 22.3 Å². The van der Waals surface area contributed by atoms with Crippen molar-refractivity contribution in [1.82, 2.24) is 0 Å². The van der Waals surface area contributed by atoms with Gasteiger partial charge in [-0.1, -0.05) is 13.0 Å². The molecular weight excluding hydrogens is 318 g/mol. The van der Waals surface area contributed by atoms with Gasteiger partial charge in [-0.3, -0.25) is 4.72 Å². The first kappa shape index (κ1) is 15.5. The Morgan fingerprint density at radius 2 is 1.91 bits per heavy atom. The monoisotopic (exact) mass is 335 g/mol. The third kappa shape index (κ3) is 3.05. The van der Waals surface area contributed by atoms with Crippen molar-refractivity contribution in [3.63, 3.8) is 0 Å². The minimum Gasteiger partial charge on any atom is -0.495 e. The number of fused-ring (bicyclic) bond motifs is 1. The summed E-state index contributed by atoms with van der Waals surface area (Å²) in [5.41, 5.74) is 1.31. The zero-order chi connectivity index (χ0) is 16.4. The maximum absolute atomic E-state index is 12.7. The van der Waals surface area contributed by atoms with Crippen LogP contribution in [0.1, 0.15) is 12.5 Å². The second kappa shape index (κ2) is 6.00. The third-order valence-corrected chi connectivity index (χ3v) is 4.95. The number of rotatable bonds is 5. The second-order valence-electron chi connectivity index (χ2n) is 5.01. The van der Waals surface area contributed by atoms with Crippen LogP contribution < -0.4 is 18.9 Å². The molecule has 2 aromatic rings. The first-order chi connectivity index (χ1) is 11.0. The molecule has 6 nitrogen and oxygen atoms in total. The number of ether oxygens (including phenoxy) is 3. The van der Waals surface area contributed by atoms with Crippen molar-refractivity contribution in [2.45, 2.75) is 18.2 Å². The molecule has 0 radical (unpaired) electrons. The Balaban J connectivity index is 1.95. The average molecular weight is 335 g/mol. The number of nitrogens with one attached hydrogen (secondary N) is 1. The molecule has 122 valence electrons. The maximum Gasteiger partial charge on any atom is 0.265 e. The topological polar surface area (TPSA) is 73.9 Å². The van der Waals surface area contributed by atoms with Crippen LogP contribution >= 0.6 is 0 Å². The van der Waals surface area contributed by atoms with Gasteiger partial charge in [0.15, 0.2) is 11.5 Å². The highest BCUT2D eigenvalue weighted by Gasteiger charge is 2.21. The fraction of sp³-hybridized carbons (Fsp3) is 0.250. The highest BCUT2D eigenvalue weighted by atomic mass is 32.2. The lowest BCUT2D eigenvalue weighted by Gasteiger charge is -2.13. The van der Waals surface area contributed by atoms with Gasteiger partial charge in [0.1, 0.15) is 10.6 Å². The summed E-state index contributed by atoms with van der Waals surface area (Å²) in [5.74, 6) is 1.41. The smallest absolute Gasteiger partial charge is 0.265 e. The Hall–Kier alpha value is -2.41. The van der Waals surface area contributed by atoms with E-state index in [1.807, 2.05) is 13.0 Å². The van der Waals surface area contributed by atoms with Crippen LogP contribution in [0.5, 0.6) is 17.2 Å². The van der Waals surface area contributed by atoms with Gasteiger partial charge in [-0.15, -0.1) is 0 Å². The maximum atomic E-state index is 12.7. The molecule has 0 bridgehead atoms. The highest BCUT2D eigenvalue weighted by molar-refractivity contribution is 7.92. The SMILES string of the molecule is CCc1ccc(OC)c(S(=O)(=O)Nc2ccc3c(c2)OCO3)c1. The zero-order valence-corrected chi connectivity index (χ0v) is 13.6. The van der Waals surface area contributed by atoms with Gasteiger partial charge in [0.05, 0.1) is 12.8 Å². The first-order valence-electron chi connectivity index (χ1n) is 7.13. The molecule has 0 saturated carbocycles. The van der Waals surface area contributed by atoms with Gasteiger partial charge in [0.25, 0.3) is 10.0 Å². The highest BCUT2D eigenvalue weighted by Crippen LogP contribution is 2.35. The summed E-state index contributed by atoms with van der Waals surface area (Å²) >= 11 is 0. The molecule has 0 amide bonds. The van der Waals surface area contributed by atoms with Gasteiger partial charge in [-0.05, 0) is 36.2 Å². The Labute approximate surface area is 135 Å². The van der Waals surface area contributed by atoms with Gasteiger partial charge in [-0.2, -0.15) is 0 Å². The van der Waals surface area contributed by atoms with Crippen molar-refractivity contribution in [3.8, 4) is 17.2 Å². The van der Waals surface area contributed by atoms with E-state index in [0.717, 1.165) is 12.0 Å². The van der Waals surface area contributed by atoms with E-state index in [1.54, 1.807) is 30.3 Å². The largest absolute Gasteiger partial charge is 0.495 e. The molecule has 0 unspecified atom stereocenters. The molecule has 2 aromatic carbocycles. The van der Waals surface area contributed by atoms with Crippen LogP contribution in [0.15, 0.2) is 41.3 Å². The van der Waals surface area contributed by atoms with Crippen LogP contribution in [-0.2, 0) is 16.4 Å². The molecule has 7 heteroatoms. The number of hydrogen-bond donors (Lipinski definition) is 1. The van der Waals surface area contributed by atoms with Crippen molar-refractivity contribution in [1.29, 1.82) is 0 Å². The van der Waals surface area contributed by atoms with E-state index in [4.69, 9.17) is 14.2 Å². The summed E-state index contributed by atoms with van der Waals surface area (Å²) < 4.78 is 43.6. The molecular formula is C16H17NO5S. The molecule has 0 aromatic heterocycles. The molecule has 23 heavy (non-hydrogen) atoms. The number of benzene rings is 2. The molecule has 0 fully saturated rings. The van der Waals surface area contributed by atoms with Crippen molar-refractivity contribution in [2.75, 3.05) is 18.6 Å². The second-order valence-corrected chi connectivity index (χ2v) is 6.66. The van der Waals surface area contributed by atoms with Gasteiger partial charge in [0, 0.05) is 6.07 Å². The number of anilines is 1. The van der Waals surface area contributed by atoms with Gasteiger partial charge in [0.2, 0.25) is 6.79 Å². The van der Waals surface area contributed by atoms with Crippen LogP contribution in [0.3, 0.4) is 0 Å². The quantitative estimate of drug-likeness (QED) is 0.909. The van der Waals surface area contributed by atoms with E-state index in [0.29, 0.717) is 22.9 Å². The number of aryl methyl sites for hydroxylation is 1. The first-order valence-corrected chi connectivity index (χ1v) is 8.61. The van der Waals surface area contributed by atoms with Gasteiger partial charge < -0.3 is 14.2 Å². The average Bonchev–Trinajstić information content (AvgIpc) is 3.01. The van der Waals surface area contributed by atoms with E-state index in [-0.39, 0.29) is 11.7 Å². The van der Waals surface area contributed by atoms with Gasteiger partial charge >= 0.3 is 0 Å². The summed E-state index contributed by atoms with van der Waals surface area (Å²) in [6.07, 6.45) is 0.733. The fourth-order valence-electron chi connectivity index (χ4n) is 2.32. The number of hydrogen-bond acceptors (Lipinski definition) is 5. The molecule has 1 aliphatic heterocycles. The summed E-state index contributed by atoms with van der Waals surface area (Å²) in [5, 5.41) is 0. The summed E-state index contributed by atoms with van der Waals surface area (Å²) in [7, 11) is -2.33. The Bertz CT molecular complexity index is 832. The zero-order valence-electron chi connectivity index (χ0n) is 12.8. The number of sulfonamides is 1. The van der Waals surface area contributed by atoms with Crippen LogP contribution in [0, 0.1) is 0 Å². The third-order valence-electron chi connectivity index (χ3n) is 3.55. The van der Waals surface area contributed by atoms with E-state index in [9.17, 15) is 8.42 Å². The molecule has 1 N–H and O–H groups in total. The molecule has 0 saturated heterocycles. The molecule has 1 heterocycles. The number of methoxy groups -OCH3 is 1. The lowest BCUT2D eigenvalue weighted by Crippen LogP contribution is -2.14. The Morgan fingerprint density at radius 3 is 2.65 bits per heavy atom. The minimum atomic E-state index is -3.78. The standard InChI is InChI=1S/C16H17NO5S/c1-3-11-4-6-14(20-2)16(8-11)23(18,19)17-12-5-7-13-15(9-12)22-10-21-13/h4-9,17H,3,10H2,1-2H3. The van der Waals surface area contributed by atoms with Gasteiger partial charge in [-0.25, -0.2) is 8.42 Å². The molecule has 0 spiro atoms. The summed E-state index contributed by atoms with van der Waals surface area (Å²) in [6.45, 7) is 2.10. The fourth-order valence-corrected chi connectivity index (χ4v) is 3.59. The van der Waals surface area contributed by atoms with Crippen molar-refractivity contribution in [2.24, 2.45) is 0 Å². The van der Waals surface area contributed by atoms with Crippen molar-refractivity contribution >= 4 is 15.7 Å². The summed E-state index contributed by atoms with van der Waals surface area (Å²) in [6, 6.07) is 10.0. The van der Waals surface area contributed by atoms with Crippen molar-refractivity contribution in [3.05, 3.63) is 42.0 Å². The Kier molecular flexibility index (Phi) is 4.04. The van der Waals surface area contributed by atoms with E-state index in [2.05, 4.69) is 4.72 Å². The van der Waals surface area contributed by atoms with E-state index >= 15 is 0 Å². The lowest BCUT2D eigenvalue weighted by molar-refractivity contribution is 0.174. The van der Waals surface area contributed by atoms with Crippen LogP contribution in [0.4, 0.5) is 5.69 Å². The molecule has 0 atom stereocenters. The molecule has 1 aliphatic rings. The van der Waals surface area contributed by atoms with Crippen molar-refractivity contribution < 1.29 is 22.6 Å². The predicted octanol–water partition coefficient (Wildman–Crippen LogP) is 2.79. The van der Waals surface area contributed by atoms with E-state index < -0.39 is 10.0 Å².